The lowest BCUT2D eigenvalue weighted by Gasteiger charge is -2.47. The highest BCUT2D eigenvalue weighted by Gasteiger charge is 2.35. The van der Waals surface area contributed by atoms with Crippen LogP contribution in [0.3, 0.4) is 0 Å². The van der Waals surface area contributed by atoms with Crippen LogP contribution in [0.25, 0.3) is 10.8 Å². The summed E-state index contributed by atoms with van der Waals surface area (Å²) in [5, 5.41) is 3.18. The Morgan fingerprint density at radius 3 is 2.61 bits per heavy atom. The number of benzene rings is 3. The van der Waals surface area contributed by atoms with E-state index >= 15 is 0 Å². The number of hydrogen-bond donors (Lipinski definition) is 0. The first-order valence-electron chi connectivity index (χ1n) is 10.0. The molecule has 1 aliphatic rings. The van der Waals surface area contributed by atoms with Gasteiger partial charge in [0.05, 0.1) is 10.7 Å². The minimum absolute atomic E-state index is 0.144. The van der Waals surface area contributed by atoms with Crippen molar-refractivity contribution in [1.29, 1.82) is 0 Å². The van der Waals surface area contributed by atoms with E-state index in [9.17, 15) is 0 Å². The number of rotatable bonds is 3. The first kappa shape index (κ1) is 19.0. The van der Waals surface area contributed by atoms with E-state index in [1.54, 1.807) is 0 Å². The van der Waals surface area contributed by atoms with Crippen LogP contribution in [0.2, 0.25) is 5.02 Å². The van der Waals surface area contributed by atoms with Crippen molar-refractivity contribution in [3.63, 3.8) is 0 Å². The van der Waals surface area contributed by atoms with Gasteiger partial charge in [0, 0.05) is 29.5 Å². The van der Waals surface area contributed by atoms with Gasteiger partial charge in [-0.2, -0.15) is 0 Å². The van der Waals surface area contributed by atoms with Crippen LogP contribution in [0, 0.1) is 0 Å². The highest BCUT2D eigenvalue weighted by Crippen LogP contribution is 2.44. The molecule has 4 rings (SSSR count). The fourth-order valence-corrected chi connectivity index (χ4v) is 4.83. The quantitative estimate of drug-likeness (QED) is 0.426. The summed E-state index contributed by atoms with van der Waals surface area (Å²) < 4.78 is 0. The zero-order chi connectivity index (χ0) is 19.9. The third kappa shape index (κ3) is 3.42. The van der Waals surface area contributed by atoms with Crippen molar-refractivity contribution in [2.75, 3.05) is 11.4 Å². The Kier molecular flexibility index (Phi) is 4.93. The molecule has 1 aliphatic heterocycles. The summed E-state index contributed by atoms with van der Waals surface area (Å²) in [6, 6.07) is 19.0. The smallest absolute Gasteiger partial charge is 0.0636 e. The van der Waals surface area contributed by atoms with Crippen LogP contribution in [-0.2, 0) is 0 Å². The lowest BCUT2D eigenvalue weighted by molar-refractivity contribution is 0.381. The third-order valence-electron chi connectivity index (χ3n) is 5.91. The van der Waals surface area contributed by atoms with Gasteiger partial charge in [-0.15, -0.1) is 0 Å². The molecule has 1 unspecified atom stereocenters. The Hall–Kier alpha value is -2.32. The molecule has 28 heavy (non-hydrogen) atoms. The van der Waals surface area contributed by atoms with E-state index in [0.717, 1.165) is 29.2 Å². The average molecular weight is 391 g/mol. The number of fused-ring (bicyclic) bond motifs is 2. The zero-order valence-electron chi connectivity index (χ0n) is 17.0. The second-order valence-corrected chi connectivity index (χ2v) is 8.79. The minimum Gasteiger partial charge on any atom is -0.366 e. The number of nitrogens with zero attached hydrogens (tertiary/aromatic N) is 2. The first-order chi connectivity index (χ1) is 13.4. The van der Waals surface area contributed by atoms with Crippen molar-refractivity contribution in [1.82, 2.24) is 0 Å². The van der Waals surface area contributed by atoms with Gasteiger partial charge in [-0.1, -0.05) is 48.9 Å². The molecule has 144 valence electrons. The van der Waals surface area contributed by atoms with Crippen LogP contribution >= 0.6 is 11.6 Å². The van der Waals surface area contributed by atoms with Gasteiger partial charge in [0.25, 0.3) is 0 Å². The van der Waals surface area contributed by atoms with Crippen molar-refractivity contribution in [3.8, 4) is 0 Å². The highest BCUT2D eigenvalue weighted by molar-refractivity contribution is 6.33. The minimum atomic E-state index is 0.144. The van der Waals surface area contributed by atoms with Gasteiger partial charge in [0.2, 0.25) is 0 Å². The summed E-state index contributed by atoms with van der Waals surface area (Å²) in [6.07, 6.45) is 3.03. The van der Waals surface area contributed by atoms with Crippen LogP contribution in [-0.4, -0.2) is 18.3 Å². The molecule has 3 heteroatoms. The molecule has 1 atom stereocenters. The molecule has 0 fully saturated rings. The summed E-state index contributed by atoms with van der Waals surface area (Å²) >= 11 is 6.67. The number of halogens is 1. The number of aliphatic imine (C=N–C) groups is 1. The fraction of sp³-hybridized carbons (Fsp3) is 0.320. The fourth-order valence-electron chi connectivity index (χ4n) is 4.62. The molecular weight excluding hydrogens is 364 g/mol. The van der Waals surface area contributed by atoms with Gasteiger partial charge < -0.3 is 4.90 Å². The van der Waals surface area contributed by atoms with Crippen molar-refractivity contribution < 1.29 is 0 Å². The average Bonchev–Trinajstić information content (AvgIpc) is 2.66. The maximum absolute atomic E-state index is 6.67. The van der Waals surface area contributed by atoms with E-state index in [1.165, 1.54) is 22.0 Å². The lowest BCUT2D eigenvalue weighted by atomic mass is 9.79. The van der Waals surface area contributed by atoms with E-state index in [4.69, 9.17) is 16.6 Å². The summed E-state index contributed by atoms with van der Waals surface area (Å²) in [4.78, 5) is 7.18. The van der Waals surface area contributed by atoms with Crippen LogP contribution in [0.5, 0.6) is 0 Å². The summed E-state index contributed by atoms with van der Waals surface area (Å²) in [5.74, 6) is 0.498. The van der Waals surface area contributed by atoms with E-state index in [-0.39, 0.29) is 5.54 Å². The van der Waals surface area contributed by atoms with Crippen molar-refractivity contribution >= 4 is 40.0 Å². The van der Waals surface area contributed by atoms with Gasteiger partial charge in [-0.05, 0) is 73.7 Å². The molecule has 3 aromatic carbocycles. The number of hydrogen-bond acceptors (Lipinski definition) is 2. The van der Waals surface area contributed by atoms with Crippen LogP contribution in [0.1, 0.15) is 51.2 Å². The molecule has 0 N–H and O–H groups in total. The maximum Gasteiger partial charge on any atom is 0.0636 e. The van der Waals surface area contributed by atoms with E-state index < -0.39 is 0 Å². The molecule has 3 aromatic rings. The zero-order valence-corrected chi connectivity index (χ0v) is 17.8. The van der Waals surface area contributed by atoms with E-state index in [0.29, 0.717) is 5.92 Å². The predicted octanol–water partition coefficient (Wildman–Crippen LogP) is 7.36. The molecule has 0 saturated heterocycles. The molecule has 0 aromatic heterocycles. The Morgan fingerprint density at radius 2 is 1.86 bits per heavy atom. The SMILES string of the molecule is CCN1c2cc(Cl)c(C=Nc3ccc4ccccc4c3)cc2C(C)CC1(C)C. The summed E-state index contributed by atoms with van der Waals surface area (Å²) in [7, 11) is 0. The van der Waals surface area contributed by atoms with Crippen molar-refractivity contribution in [2.45, 2.75) is 45.6 Å². The van der Waals surface area contributed by atoms with E-state index in [2.05, 4.69) is 87.2 Å². The lowest BCUT2D eigenvalue weighted by Crippen LogP contribution is -2.48. The topological polar surface area (TPSA) is 15.6 Å². The Balaban J connectivity index is 1.71. The summed E-state index contributed by atoms with van der Waals surface area (Å²) in [5.41, 5.74) is 4.70. The van der Waals surface area contributed by atoms with Gasteiger partial charge in [-0.3, -0.25) is 4.99 Å². The Bertz CT molecular complexity index is 1050. The molecule has 0 bridgehead atoms. The van der Waals surface area contributed by atoms with Gasteiger partial charge in [-0.25, -0.2) is 0 Å². The molecule has 0 amide bonds. The predicted molar refractivity (Wildman–Crippen MR) is 123 cm³/mol. The molecule has 1 heterocycles. The van der Waals surface area contributed by atoms with Crippen molar-refractivity contribution in [2.24, 2.45) is 4.99 Å². The van der Waals surface area contributed by atoms with Gasteiger partial charge in [0.15, 0.2) is 0 Å². The third-order valence-corrected chi connectivity index (χ3v) is 6.23. The number of anilines is 1. The largest absolute Gasteiger partial charge is 0.366 e. The van der Waals surface area contributed by atoms with E-state index in [1.807, 2.05) is 6.21 Å². The second kappa shape index (κ2) is 7.25. The molecular formula is C25H27ClN2. The monoisotopic (exact) mass is 390 g/mol. The van der Waals surface area contributed by atoms with Crippen LogP contribution < -0.4 is 4.90 Å². The molecule has 0 spiro atoms. The van der Waals surface area contributed by atoms with Crippen LogP contribution in [0.15, 0.2) is 59.6 Å². The molecule has 0 saturated carbocycles. The Labute approximate surface area is 172 Å². The Morgan fingerprint density at radius 1 is 1.11 bits per heavy atom. The van der Waals surface area contributed by atoms with Gasteiger partial charge in [0.1, 0.15) is 0 Å². The highest BCUT2D eigenvalue weighted by atomic mass is 35.5. The molecule has 2 nitrogen and oxygen atoms in total. The maximum atomic E-state index is 6.67. The molecule has 0 aliphatic carbocycles. The second-order valence-electron chi connectivity index (χ2n) is 8.38. The van der Waals surface area contributed by atoms with Crippen molar-refractivity contribution in [3.05, 3.63) is 70.7 Å². The molecule has 0 radical (unpaired) electrons. The normalized spacial score (nSPS) is 18.6. The van der Waals surface area contributed by atoms with Gasteiger partial charge >= 0.3 is 0 Å². The van der Waals surface area contributed by atoms with Crippen LogP contribution in [0.4, 0.5) is 11.4 Å². The standard InChI is InChI=1S/C25H27ClN2/c1-5-28-24-14-23(26)20(13-22(24)17(2)15-25(28,3)4)16-27-21-11-10-18-8-6-7-9-19(18)12-21/h6-14,16-17H,5,15H2,1-4H3. The first-order valence-corrected chi connectivity index (χ1v) is 10.4. The summed E-state index contributed by atoms with van der Waals surface area (Å²) in [6.45, 7) is 10.1.